The zero-order valence-electron chi connectivity index (χ0n) is 9.14. The average Bonchev–Trinajstić information content (AvgIpc) is 2.31. The summed E-state index contributed by atoms with van der Waals surface area (Å²) in [6, 6.07) is 10.5. The van der Waals surface area contributed by atoms with Crippen LogP contribution in [0.15, 0.2) is 30.3 Å². The molecule has 1 aliphatic rings. The van der Waals surface area contributed by atoms with Gasteiger partial charge in [0, 0.05) is 25.5 Å². The predicted octanol–water partition coefficient (Wildman–Crippen LogP) is 2.55. The van der Waals surface area contributed by atoms with Crippen molar-refractivity contribution in [2.24, 2.45) is 0 Å². The van der Waals surface area contributed by atoms with Crippen LogP contribution in [0.4, 0.5) is 0 Å². The molecule has 0 bridgehead atoms. The van der Waals surface area contributed by atoms with E-state index < -0.39 is 0 Å². The van der Waals surface area contributed by atoms with E-state index in [0.717, 1.165) is 26.2 Å². The highest BCUT2D eigenvalue weighted by Gasteiger charge is 2.19. The van der Waals surface area contributed by atoms with Gasteiger partial charge in [-0.3, -0.25) is 4.90 Å². The second-order valence-corrected chi connectivity index (χ2v) is 4.18. The van der Waals surface area contributed by atoms with Gasteiger partial charge in [-0.2, -0.15) is 0 Å². The first-order valence-electron chi connectivity index (χ1n) is 5.32. The molecule has 1 aliphatic heterocycles. The number of halogens is 2. The van der Waals surface area contributed by atoms with Crippen LogP contribution in [0, 0.1) is 0 Å². The van der Waals surface area contributed by atoms with Crippen molar-refractivity contribution in [3.8, 4) is 0 Å². The van der Waals surface area contributed by atoms with Crippen LogP contribution in [0.1, 0.15) is 5.56 Å². The molecule has 1 heterocycles. The molecule has 0 aliphatic carbocycles. The number of morpholine rings is 1. The van der Waals surface area contributed by atoms with E-state index in [2.05, 4.69) is 29.2 Å². The van der Waals surface area contributed by atoms with Gasteiger partial charge in [-0.1, -0.05) is 30.3 Å². The van der Waals surface area contributed by atoms with Crippen molar-refractivity contribution < 1.29 is 4.74 Å². The van der Waals surface area contributed by atoms with Gasteiger partial charge in [-0.15, -0.1) is 24.0 Å². The average molecular weight is 262 g/mol. The van der Waals surface area contributed by atoms with Crippen molar-refractivity contribution in [3.05, 3.63) is 35.9 Å². The Hall–Kier alpha value is -0.280. The van der Waals surface area contributed by atoms with Gasteiger partial charge >= 0.3 is 0 Å². The van der Waals surface area contributed by atoms with Gasteiger partial charge in [0.25, 0.3) is 0 Å². The Morgan fingerprint density at radius 3 is 2.75 bits per heavy atom. The molecule has 0 radical (unpaired) electrons. The first kappa shape index (κ1) is 13.8. The van der Waals surface area contributed by atoms with E-state index in [0.29, 0.717) is 5.88 Å². The third-order valence-electron chi connectivity index (χ3n) is 2.64. The van der Waals surface area contributed by atoms with E-state index in [-0.39, 0.29) is 18.5 Å². The minimum atomic E-state index is 0. The summed E-state index contributed by atoms with van der Waals surface area (Å²) in [5.41, 5.74) is 1.35. The smallest absolute Gasteiger partial charge is 0.0837 e. The van der Waals surface area contributed by atoms with Crippen molar-refractivity contribution in [1.82, 2.24) is 4.90 Å². The van der Waals surface area contributed by atoms with E-state index >= 15 is 0 Å². The van der Waals surface area contributed by atoms with Crippen LogP contribution >= 0.6 is 24.0 Å². The zero-order chi connectivity index (χ0) is 10.5. The lowest BCUT2D eigenvalue weighted by atomic mass is 10.2. The summed E-state index contributed by atoms with van der Waals surface area (Å²) < 4.78 is 5.52. The highest BCUT2D eigenvalue weighted by atomic mass is 35.5. The Morgan fingerprint density at radius 2 is 2.06 bits per heavy atom. The Labute approximate surface area is 108 Å². The molecule has 1 saturated heterocycles. The molecule has 2 rings (SSSR count). The van der Waals surface area contributed by atoms with Gasteiger partial charge in [0.05, 0.1) is 12.7 Å². The Bertz CT molecular complexity index is 294. The monoisotopic (exact) mass is 261 g/mol. The minimum absolute atomic E-state index is 0. The van der Waals surface area contributed by atoms with Gasteiger partial charge in [0.1, 0.15) is 0 Å². The second kappa shape index (κ2) is 7.13. The largest absolute Gasteiger partial charge is 0.374 e. The van der Waals surface area contributed by atoms with E-state index in [9.17, 15) is 0 Å². The third kappa shape index (κ3) is 3.95. The highest BCUT2D eigenvalue weighted by Crippen LogP contribution is 2.10. The van der Waals surface area contributed by atoms with Crippen molar-refractivity contribution >= 4 is 24.0 Å². The van der Waals surface area contributed by atoms with Crippen LogP contribution in [0.3, 0.4) is 0 Å². The van der Waals surface area contributed by atoms with Crippen LogP contribution in [-0.4, -0.2) is 36.6 Å². The fourth-order valence-electron chi connectivity index (χ4n) is 1.86. The summed E-state index contributed by atoms with van der Waals surface area (Å²) in [5.74, 6) is 0.589. The molecule has 1 aromatic rings. The number of hydrogen-bond acceptors (Lipinski definition) is 2. The summed E-state index contributed by atoms with van der Waals surface area (Å²) in [5, 5.41) is 0. The molecule has 1 fully saturated rings. The van der Waals surface area contributed by atoms with Crippen molar-refractivity contribution in [3.63, 3.8) is 0 Å². The van der Waals surface area contributed by atoms with Crippen molar-refractivity contribution in [2.75, 3.05) is 25.6 Å². The molecule has 0 amide bonds. The summed E-state index contributed by atoms with van der Waals surface area (Å²) in [7, 11) is 0. The summed E-state index contributed by atoms with van der Waals surface area (Å²) in [6.07, 6.45) is 0.198. The maximum absolute atomic E-state index is 5.80. The number of alkyl halides is 1. The van der Waals surface area contributed by atoms with Gasteiger partial charge in [-0.05, 0) is 5.56 Å². The van der Waals surface area contributed by atoms with E-state index in [1.54, 1.807) is 0 Å². The van der Waals surface area contributed by atoms with E-state index in [1.165, 1.54) is 5.56 Å². The Morgan fingerprint density at radius 1 is 1.31 bits per heavy atom. The maximum Gasteiger partial charge on any atom is 0.0837 e. The fourth-order valence-corrected chi connectivity index (χ4v) is 2.05. The number of ether oxygens (including phenoxy) is 1. The highest BCUT2D eigenvalue weighted by molar-refractivity contribution is 6.18. The summed E-state index contributed by atoms with van der Waals surface area (Å²) in [4.78, 5) is 2.39. The molecule has 4 heteroatoms. The standard InChI is InChI=1S/C12H16ClNO.ClH/c13-8-12-10-14(6-7-15-12)9-11-4-2-1-3-5-11;/h1-5,12H,6-10H2;1H/t12-;/m1./s1. The topological polar surface area (TPSA) is 12.5 Å². The second-order valence-electron chi connectivity index (χ2n) is 3.87. The van der Waals surface area contributed by atoms with Crippen LogP contribution in [0.2, 0.25) is 0 Å². The van der Waals surface area contributed by atoms with Gasteiger partial charge in [0.15, 0.2) is 0 Å². The molecule has 0 spiro atoms. The number of rotatable bonds is 3. The predicted molar refractivity (Wildman–Crippen MR) is 69.4 cm³/mol. The minimum Gasteiger partial charge on any atom is -0.374 e. The van der Waals surface area contributed by atoms with Crippen LogP contribution in [0.25, 0.3) is 0 Å². The molecule has 1 atom stereocenters. The van der Waals surface area contributed by atoms with Crippen LogP contribution in [-0.2, 0) is 11.3 Å². The lowest BCUT2D eigenvalue weighted by Crippen LogP contribution is -2.42. The molecule has 0 saturated carbocycles. The van der Waals surface area contributed by atoms with Gasteiger partial charge in [-0.25, -0.2) is 0 Å². The van der Waals surface area contributed by atoms with E-state index in [1.807, 2.05) is 6.07 Å². The Balaban J connectivity index is 0.00000128. The molecular formula is C12H17Cl2NO. The first-order valence-corrected chi connectivity index (χ1v) is 5.86. The molecule has 16 heavy (non-hydrogen) atoms. The van der Waals surface area contributed by atoms with Gasteiger partial charge in [0.2, 0.25) is 0 Å². The molecular weight excluding hydrogens is 245 g/mol. The number of benzene rings is 1. The third-order valence-corrected chi connectivity index (χ3v) is 2.99. The van der Waals surface area contributed by atoms with Crippen molar-refractivity contribution in [2.45, 2.75) is 12.6 Å². The molecule has 0 unspecified atom stereocenters. The molecule has 1 aromatic carbocycles. The lowest BCUT2D eigenvalue weighted by Gasteiger charge is -2.31. The van der Waals surface area contributed by atoms with Crippen molar-refractivity contribution in [1.29, 1.82) is 0 Å². The summed E-state index contributed by atoms with van der Waals surface area (Å²) in [6.45, 7) is 3.74. The Kier molecular flexibility index (Phi) is 6.14. The van der Waals surface area contributed by atoms with Crippen LogP contribution in [0.5, 0.6) is 0 Å². The molecule has 2 nitrogen and oxygen atoms in total. The SMILES string of the molecule is Cl.ClC[C@@H]1CN(Cc2ccccc2)CCO1. The first-order chi connectivity index (χ1) is 7.38. The molecule has 0 aromatic heterocycles. The number of nitrogens with zero attached hydrogens (tertiary/aromatic N) is 1. The molecule has 0 N–H and O–H groups in total. The normalized spacial score (nSPS) is 21.4. The fraction of sp³-hybridized carbons (Fsp3) is 0.500. The maximum atomic E-state index is 5.80. The summed E-state index contributed by atoms with van der Waals surface area (Å²) >= 11 is 5.80. The lowest BCUT2D eigenvalue weighted by molar-refractivity contribution is -0.0193. The quantitative estimate of drug-likeness (QED) is 0.776. The van der Waals surface area contributed by atoms with Crippen LogP contribution < -0.4 is 0 Å². The van der Waals surface area contributed by atoms with E-state index in [4.69, 9.17) is 16.3 Å². The molecule has 90 valence electrons. The number of hydrogen-bond donors (Lipinski definition) is 0. The van der Waals surface area contributed by atoms with Gasteiger partial charge < -0.3 is 4.74 Å². The zero-order valence-corrected chi connectivity index (χ0v) is 10.7.